The second kappa shape index (κ2) is 10.0. The lowest BCUT2D eigenvalue weighted by atomic mass is 10.0. The van der Waals surface area contributed by atoms with Crippen molar-refractivity contribution in [3.63, 3.8) is 0 Å². The summed E-state index contributed by atoms with van der Waals surface area (Å²) in [5, 5.41) is 10.6. The van der Waals surface area contributed by atoms with Crippen molar-refractivity contribution in [2.75, 3.05) is 7.11 Å². The van der Waals surface area contributed by atoms with Gasteiger partial charge in [-0.15, -0.1) is 0 Å². The molecule has 3 aromatic rings. The number of rotatable bonds is 6. The molecule has 3 nitrogen and oxygen atoms in total. The molecule has 0 N–H and O–H groups in total. The van der Waals surface area contributed by atoms with Crippen LogP contribution >= 0.6 is 39.1 Å². The number of hydrogen-bond donors (Lipinski definition) is 0. The summed E-state index contributed by atoms with van der Waals surface area (Å²) in [6, 6.07) is 19.1. The van der Waals surface area contributed by atoms with Crippen LogP contribution in [0.25, 0.3) is 11.6 Å². The van der Waals surface area contributed by atoms with Crippen molar-refractivity contribution in [3.8, 4) is 17.6 Å². The predicted molar refractivity (Wildman–Crippen MR) is 126 cm³/mol. The summed E-state index contributed by atoms with van der Waals surface area (Å²) in [7, 11) is 1.58. The topological polar surface area (TPSA) is 42.2 Å². The van der Waals surface area contributed by atoms with Crippen molar-refractivity contribution in [1.29, 1.82) is 5.26 Å². The van der Waals surface area contributed by atoms with Gasteiger partial charge in [0.25, 0.3) is 0 Å². The van der Waals surface area contributed by atoms with Crippen molar-refractivity contribution in [3.05, 3.63) is 91.4 Å². The molecule has 6 heteroatoms. The molecule has 0 saturated carbocycles. The summed E-state index contributed by atoms with van der Waals surface area (Å²) >= 11 is 15.6. The predicted octanol–water partition coefficient (Wildman–Crippen LogP) is 7.72. The largest absolute Gasteiger partial charge is 0.493 e. The van der Waals surface area contributed by atoms with Crippen LogP contribution in [0, 0.1) is 18.3 Å². The number of methoxy groups -OCH3 is 1. The van der Waals surface area contributed by atoms with E-state index in [9.17, 15) is 5.26 Å². The molecular weight excluding hydrogens is 485 g/mol. The van der Waals surface area contributed by atoms with Crippen LogP contribution in [0.3, 0.4) is 0 Å². The number of hydrogen-bond acceptors (Lipinski definition) is 3. The minimum atomic E-state index is 0.307. The van der Waals surface area contributed by atoms with Crippen LogP contribution in [0.4, 0.5) is 0 Å². The summed E-state index contributed by atoms with van der Waals surface area (Å²) in [4.78, 5) is 0. The first-order valence-corrected chi connectivity index (χ1v) is 10.6. The lowest BCUT2D eigenvalue weighted by Crippen LogP contribution is -1.98. The van der Waals surface area contributed by atoms with Crippen molar-refractivity contribution in [2.45, 2.75) is 13.5 Å². The minimum Gasteiger partial charge on any atom is -0.493 e. The number of benzene rings is 3. The number of ether oxygens (including phenoxy) is 2. The molecule has 0 spiro atoms. The van der Waals surface area contributed by atoms with Crippen molar-refractivity contribution in [1.82, 2.24) is 0 Å². The molecule has 0 atom stereocenters. The second-order valence-electron chi connectivity index (χ2n) is 6.60. The Morgan fingerprint density at radius 1 is 1.03 bits per heavy atom. The van der Waals surface area contributed by atoms with Crippen LogP contribution in [0.2, 0.25) is 10.0 Å². The standard InChI is InChI=1S/C24H18BrCl2NO2/c1-15-3-6-17(7-4-15)19(13-28)10-18-11-23(29-2)24(12-20(18)25)30-14-16-5-8-21(26)22(27)9-16/h3-12H,14H2,1-2H3/b19-10-. The Morgan fingerprint density at radius 3 is 2.40 bits per heavy atom. The molecule has 3 aromatic carbocycles. The van der Waals surface area contributed by atoms with E-state index in [-0.39, 0.29) is 0 Å². The van der Waals surface area contributed by atoms with Gasteiger partial charge in [0.15, 0.2) is 11.5 Å². The Balaban J connectivity index is 1.88. The molecule has 0 heterocycles. The van der Waals surface area contributed by atoms with Crippen LogP contribution in [0.15, 0.2) is 59.1 Å². The van der Waals surface area contributed by atoms with Crippen molar-refractivity contribution >= 4 is 50.8 Å². The van der Waals surface area contributed by atoms with E-state index in [1.54, 1.807) is 19.2 Å². The number of nitrogens with zero attached hydrogens (tertiary/aromatic N) is 1. The zero-order chi connectivity index (χ0) is 21.7. The molecule has 0 aliphatic heterocycles. The fraction of sp³-hybridized carbons (Fsp3) is 0.125. The molecule has 0 amide bonds. The van der Waals surface area contributed by atoms with Crippen LogP contribution < -0.4 is 9.47 Å². The van der Waals surface area contributed by atoms with Crippen LogP contribution in [0.5, 0.6) is 11.5 Å². The average molecular weight is 503 g/mol. The van der Waals surface area contributed by atoms with Gasteiger partial charge < -0.3 is 9.47 Å². The van der Waals surface area contributed by atoms with Crippen molar-refractivity contribution in [2.24, 2.45) is 0 Å². The quantitative estimate of drug-likeness (QED) is 0.256. The molecule has 0 radical (unpaired) electrons. The van der Waals surface area contributed by atoms with Gasteiger partial charge in [0, 0.05) is 4.47 Å². The molecule has 0 bridgehead atoms. The van der Waals surface area contributed by atoms with Gasteiger partial charge >= 0.3 is 0 Å². The Hall–Kier alpha value is -2.45. The summed E-state index contributed by atoms with van der Waals surface area (Å²) in [5.74, 6) is 1.13. The van der Waals surface area contributed by atoms with Crippen LogP contribution in [-0.4, -0.2) is 7.11 Å². The smallest absolute Gasteiger partial charge is 0.162 e. The Kier molecular flexibility index (Phi) is 7.44. The third-order valence-electron chi connectivity index (χ3n) is 4.44. The highest BCUT2D eigenvalue weighted by Gasteiger charge is 2.12. The SMILES string of the molecule is COc1cc(/C=C(/C#N)c2ccc(C)cc2)c(Br)cc1OCc1ccc(Cl)c(Cl)c1. The first-order valence-electron chi connectivity index (χ1n) is 9.04. The molecule has 0 fully saturated rings. The van der Waals surface area contributed by atoms with Gasteiger partial charge in [-0.1, -0.05) is 75.0 Å². The molecular formula is C24H18BrCl2NO2. The molecule has 0 aliphatic carbocycles. The third-order valence-corrected chi connectivity index (χ3v) is 5.87. The normalized spacial score (nSPS) is 11.1. The van der Waals surface area contributed by atoms with Crippen LogP contribution in [-0.2, 0) is 6.61 Å². The fourth-order valence-corrected chi connectivity index (χ4v) is 3.55. The Labute approximate surface area is 194 Å². The molecule has 0 aromatic heterocycles. The maximum atomic E-state index is 9.62. The maximum Gasteiger partial charge on any atom is 0.162 e. The highest BCUT2D eigenvalue weighted by Crippen LogP contribution is 2.36. The van der Waals surface area contributed by atoms with Gasteiger partial charge in [-0.25, -0.2) is 0 Å². The molecule has 3 rings (SSSR count). The molecule has 0 unspecified atom stereocenters. The van der Waals surface area contributed by atoms with E-state index in [2.05, 4.69) is 22.0 Å². The van der Waals surface area contributed by atoms with E-state index < -0.39 is 0 Å². The van der Waals surface area contributed by atoms with Gasteiger partial charge in [0.2, 0.25) is 0 Å². The van der Waals surface area contributed by atoms with Gasteiger partial charge in [-0.3, -0.25) is 0 Å². The number of aryl methyl sites for hydroxylation is 1. The van der Waals surface area contributed by atoms with Gasteiger partial charge in [0.1, 0.15) is 6.61 Å². The van der Waals surface area contributed by atoms with Gasteiger partial charge in [-0.2, -0.15) is 5.26 Å². The lowest BCUT2D eigenvalue weighted by Gasteiger charge is -2.13. The Morgan fingerprint density at radius 2 is 1.77 bits per heavy atom. The van der Waals surface area contributed by atoms with E-state index >= 15 is 0 Å². The summed E-state index contributed by atoms with van der Waals surface area (Å²) in [6.45, 7) is 2.32. The number of halogens is 3. The summed E-state index contributed by atoms with van der Waals surface area (Å²) in [5.41, 5.74) is 4.25. The average Bonchev–Trinajstić information content (AvgIpc) is 2.74. The fourth-order valence-electron chi connectivity index (χ4n) is 2.79. The molecule has 0 aliphatic rings. The third kappa shape index (κ3) is 5.37. The van der Waals surface area contributed by atoms with E-state index in [0.717, 1.165) is 26.7 Å². The second-order valence-corrected chi connectivity index (χ2v) is 8.27. The van der Waals surface area contributed by atoms with Gasteiger partial charge in [0.05, 0.1) is 28.8 Å². The number of nitriles is 1. The summed E-state index contributed by atoms with van der Waals surface area (Å²) in [6.07, 6.45) is 1.82. The highest BCUT2D eigenvalue weighted by molar-refractivity contribution is 9.10. The maximum absolute atomic E-state index is 9.62. The number of allylic oxidation sites excluding steroid dienone is 1. The Bertz CT molecular complexity index is 1140. The molecule has 0 saturated heterocycles. The van der Waals surface area contributed by atoms with E-state index in [4.69, 9.17) is 32.7 Å². The first kappa shape index (κ1) is 22.2. The molecule has 30 heavy (non-hydrogen) atoms. The zero-order valence-electron chi connectivity index (χ0n) is 16.4. The van der Waals surface area contributed by atoms with Crippen LogP contribution in [0.1, 0.15) is 22.3 Å². The highest BCUT2D eigenvalue weighted by atomic mass is 79.9. The molecule has 152 valence electrons. The lowest BCUT2D eigenvalue weighted by molar-refractivity contribution is 0.284. The first-order chi connectivity index (χ1) is 14.4. The monoisotopic (exact) mass is 501 g/mol. The van der Waals surface area contributed by atoms with Crippen molar-refractivity contribution < 1.29 is 9.47 Å². The van der Waals surface area contributed by atoms with Gasteiger partial charge in [-0.05, 0) is 54.0 Å². The minimum absolute atomic E-state index is 0.307. The zero-order valence-corrected chi connectivity index (χ0v) is 19.5. The summed E-state index contributed by atoms with van der Waals surface area (Å²) < 4.78 is 12.2. The van der Waals surface area contributed by atoms with E-state index in [1.807, 2.05) is 55.5 Å². The van der Waals surface area contributed by atoms with E-state index in [1.165, 1.54) is 0 Å². The van der Waals surface area contributed by atoms with E-state index in [0.29, 0.717) is 33.7 Å².